The highest BCUT2D eigenvalue weighted by atomic mass is 19.1. The average molecular weight is 429 g/mol. The first kappa shape index (κ1) is 20.6. The first-order chi connectivity index (χ1) is 15.1. The number of allylic oxidation sites excluding steroid dienone is 2. The van der Waals surface area contributed by atoms with Crippen molar-refractivity contribution in [1.29, 1.82) is 0 Å². The van der Waals surface area contributed by atoms with Crippen LogP contribution in [0.2, 0.25) is 0 Å². The summed E-state index contributed by atoms with van der Waals surface area (Å²) in [6.07, 6.45) is 10.2. The summed E-state index contributed by atoms with van der Waals surface area (Å²) in [7, 11) is 0. The lowest BCUT2D eigenvalue weighted by molar-refractivity contribution is -0.0267. The Morgan fingerprint density at radius 2 is 2.03 bits per heavy atom. The van der Waals surface area contributed by atoms with E-state index in [0.29, 0.717) is 42.9 Å². The molecule has 0 saturated carbocycles. The predicted octanol–water partition coefficient (Wildman–Crippen LogP) is 2.44. The van der Waals surface area contributed by atoms with Crippen molar-refractivity contribution in [2.75, 3.05) is 13.2 Å². The Bertz CT molecular complexity index is 1040. The van der Waals surface area contributed by atoms with Gasteiger partial charge in [-0.25, -0.2) is 13.9 Å². The number of ether oxygens (including phenoxy) is 1. The molecule has 2 bridgehead atoms. The molecule has 1 N–H and O–H groups in total. The largest absolute Gasteiger partial charge is 0.390 e. The van der Waals surface area contributed by atoms with Crippen LogP contribution in [0.15, 0.2) is 52.7 Å². The van der Waals surface area contributed by atoms with E-state index in [9.17, 15) is 14.3 Å². The Balaban J connectivity index is 1.17. The maximum Gasteiger partial charge on any atom is 0.350 e. The van der Waals surface area contributed by atoms with Crippen LogP contribution in [0.5, 0.6) is 0 Å². The zero-order valence-corrected chi connectivity index (χ0v) is 17.6. The van der Waals surface area contributed by atoms with Gasteiger partial charge < -0.3 is 9.84 Å². The Morgan fingerprint density at radius 3 is 2.77 bits per heavy atom. The highest BCUT2D eigenvalue weighted by molar-refractivity contribution is 5.35. The summed E-state index contributed by atoms with van der Waals surface area (Å²) in [6, 6.07) is 6.12. The van der Waals surface area contributed by atoms with Gasteiger partial charge in [-0.2, -0.15) is 0 Å². The lowest BCUT2D eigenvalue weighted by Gasteiger charge is -2.39. The summed E-state index contributed by atoms with van der Waals surface area (Å²) in [5, 5.41) is 15.0. The van der Waals surface area contributed by atoms with Crippen LogP contribution in [0.1, 0.15) is 38.5 Å². The van der Waals surface area contributed by atoms with Crippen LogP contribution in [0.3, 0.4) is 0 Å². The SMILES string of the molecule is O=c1n(CC(O)CN2C3CCC2CC(OCC2=C(F)CCC=C2)C3)nc2ccccn12. The second kappa shape index (κ2) is 8.68. The minimum atomic E-state index is -0.671. The molecule has 0 aromatic carbocycles. The van der Waals surface area contributed by atoms with Gasteiger partial charge in [0.05, 0.1) is 25.4 Å². The summed E-state index contributed by atoms with van der Waals surface area (Å²) in [5.74, 6) is -0.0479. The van der Waals surface area contributed by atoms with E-state index in [0.717, 1.165) is 32.1 Å². The Morgan fingerprint density at radius 1 is 1.23 bits per heavy atom. The van der Waals surface area contributed by atoms with Crippen molar-refractivity contribution < 1.29 is 14.2 Å². The summed E-state index contributed by atoms with van der Waals surface area (Å²) in [6.45, 7) is 1.03. The summed E-state index contributed by atoms with van der Waals surface area (Å²) >= 11 is 0. The van der Waals surface area contributed by atoms with Gasteiger partial charge in [0.15, 0.2) is 5.65 Å². The lowest BCUT2D eigenvalue weighted by atomic mass is 9.99. The molecule has 7 nitrogen and oxygen atoms in total. The van der Waals surface area contributed by atoms with E-state index in [1.807, 2.05) is 18.2 Å². The molecule has 2 aromatic rings. The summed E-state index contributed by atoms with van der Waals surface area (Å²) in [4.78, 5) is 14.8. The van der Waals surface area contributed by atoms with Crippen LogP contribution < -0.4 is 5.69 Å². The second-order valence-electron chi connectivity index (χ2n) is 8.90. The molecule has 4 heterocycles. The first-order valence-electron chi connectivity index (χ1n) is 11.2. The predicted molar refractivity (Wildman–Crippen MR) is 114 cm³/mol. The quantitative estimate of drug-likeness (QED) is 0.734. The van der Waals surface area contributed by atoms with E-state index in [4.69, 9.17) is 4.74 Å². The van der Waals surface area contributed by atoms with Crippen molar-refractivity contribution in [1.82, 2.24) is 19.1 Å². The number of aliphatic hydroxyl groups is 1. The molecule has 0 radical (unpaired) electrons. The molecule has 2 aromatic heterocycles. The molecule has 2 saturated heterocycles. The third-order valence-corrected chi connectivity index (χ3v) is 6.81. The maximum atomic E-state index is 13.9. The Kier molecular flexibility index (Phi) is 5.77. The molecule has 166 valence electrons. The highest BCUT2D eigenvalue weighted by Gasteiger charge is 2.41. The second-order valence-corrected chi connectivity index (χ2v) is 8.90. The Hall–Kier alpha value is -2.29. The van der Waals surface area contributed by atoms with Crippen LogP contribution in [-0.2, 0) is 11.3 Å². The monoisotopic (exact) mass is 428 g/mol. The van der Waals surface area contributed by atoms with Gasteiger partial charge in [-0.3, -0.25) is 9.30 Å². The van der Waals surface area contributed by atoms with Crippen LogP contribution in [-0.4, -0.2) is 61.6 Å². The standard InChI is InChI=1S/C23H29FN4O3/c24-21-6-2-1-5-16(21)15-31-20-11-17-8-9-18(12-20)27(17)13-19(29)14-28-23(30)26-10-4-3-7-22(26)25-28/h1,3-5,7,10,17-20,29H,2,6,8-9,11-15H2. The lowest BCUT2D eigenvalue weighted by Crippen LogP contribution is -2.49. The van der Waals surface area contributed by atoms with Gasteiger partial charge in [-0.1, -0.05) is 18.2 Å². The zero-order chi connectivity index (χ0) is 21.4. The molecule has 0 spiro atoms. The molecule has 0 amide bonds. The topological polar surface area (TPSA) is 72.0 Å². The molecule has 5 rings (SSSR count). The minimum absolute atomic E-state index is 0.0479. The van der Waals surface area contributed by atoms with Gasteiger partial charge in [-0.05, 0) is 44.2 Å². The number of rotatable bonds is 7. The highest BCUT2D eigenvalue weighted by Crippen LogP contribution is 2.37. The maximum absolute atomic E-state index is 13.9. The molecule has 3 unspecified atom stereocenters. The molecule has 8 heteroatoms. The van der Waals surface area contributed by atoms with Gasteiger partial charge in [0.25, 0.3) is 0 Å². The van der Waals surface area contributed by atoms with Gasteiger partial charge in [-0.15, -0.1) is 5.10 Å². The van der Waals surface area contributed by atoms with E-state index in [1.54, 1.807) is 18.3 Å². The third kappa shape index (κ3) is 4.24. The number of pyridine rings is 1. The third-order valence-electron chi connectivity index (χ3n) is 6.81. The number of hydrogen-bond donors (Lipinski definition) is 1. The van der Waals surface area contributed by atoms with Gasteiger partial charge in [0, 0.05) is 36.8 Å². The molecule has 3 atom stereocenters. The summed E-state index contributed by atoms with van der Waals surface area (Å²) < 4.78 is 22.8. The van der Waals surface area contributed by atoms with Crippen LogP contribution in [0, 0.1) is 0 Å². The molecule has 1 aliphatic carbocycles. The fourth-order valence-corrected chi connectivity index (χ4v) is 5.27. The van der Waals surface area contributed by atoms with Crippen molar-refractivity contribution >= 4 is 5.65 Å². The number of hydrogen-bond acceptors (Lipinski definition) is 5. The van der Waals surface area contributed by atoms with Gasteiger partial charge in [0.2, 0.25) is 0 Å². The Labute approximate surface area is 180 Å². The van der Waals surface area contributed by atoms with Crippen molar-refractivity contribution in [3.05, 3.63) is 58.4 Å². The van der Waals surface area contributed by atoms with E-state index in [1.165, 1.54) is 9.08 Å². The molecule has 2 aliphatic heterocycles. The van der Waals surface area contributed by atoms with Crippen molar-refractivity contribution in [2.24, 2.45) is 0 Å². The molecule has 2 fully saturated rings. The molecular weight excluding hydrogens is 399 g/mol. The van der Waals surface area contributed by atoms with E-state index < -0.39 is 6.10 Å². The van der Waals surface area contributed by atoms with Gasteiger partial charge in [0.1, 0.15) is 5.83 Å². The number of nitrogens with zero attached hydrogens (tertiary/aromatic N) is 4. The molecule has 3 aliphatic rings. The average Bonchev–Trinajstić information content (AvgIpc) is 3.19. The van der Waals surface area contributed by atoms with Crippen molar-refractivity contribution in [3.63, 3.8) is 0 Å². The molecular formula is C23H29FN4O3. The van der Waals surface area contributed by atoms with Crippen LogP contribution in [0.4, 0.5) is 4.39 Å². The number of aliphatic hydroxyl groups excluding tert-OH is 1. The number of piperidine rings is 1. The fraction of sp³-hybridized carbons (Fsp3) is 0.565. The minimum Gasteiger partial charge on any atom is -0.390 e. The van der Waals surface area contributed by atoms with E-state index in [2.05, 4.69) is 10.00 Å². The van der Waals surface area contributed by atoms with Crippen molar-refractivity contribution in [3.8, 4) is 0 Å². The van der Waals surface area contributed by atoms with E-state index in [-0.39, 0.29) is 24.2 Å². The van der Waals surface area contributed by atoms with E-state index >= 15 is 0 Å². The van der Waals surface area contributed by atoms with Crippen molar-refractivity contribution in [2.45, 2.75) is 69.4 Å². The fourth-order valence-electron chi connectivity index (χ4n) is 5.27. The zero-order valence-electron chi connectivity index (χ0n) is 17.6. The molecule has 31 heavy (non-hydrogen) atoms. The normalized spacial score (nSPS) is 27.4. The smallest absolute Gasteiger partial charge is 0.350 e. The number of halogens is 1. The van der Waals surface area contributed by atoms with Crippen LogP contribution in [0.25, 0.3) is 5.65 Å². The summed E-state index contributed by atoms with van der Waals surface area (Å²) in [5.41, 5.74) is 1.02. The number of fused-ring (bicyclic) bond motifs is 3. The van der Waals surface area contributed by atoms with Crippen LogP contribution >= 0.6 is 0 Å². The number of aromatic nitrogens is 3. The first-order valence-corrected chi connectivity index (χ1v) is 11.2. The van der Waals surface area contributed by atoms with Gasteiger partial charge >= 0.3 is 5.69 Å².